The third kappa shape index (κ3) is 2.75. The van der Waals surface area contributed by atoms with Crippen molar-refractivity contribution < 1.29 is 9.32 Å². The van der Waals surface area contributed by atoms with Crippen LogP contribution >= 0.6 is 0 Å². The van der Waals surface area contributed by atoms with Crippen LogP contribution in [0.1, 0.15) is 56.0 Å². The van der Waals surface area contributed by atoms with E-state index in [1.54, 1.807) is 0 Å². The van der Waals surface area contributed by atoms with E-state index in [0.717, 1.165) is 24.8 Å². The van der Waals surface area contributed by atoms with Gasteiger partial charge in [0.05, 0.1) is 0 Å². The minimum atomic E-state index is 0.350. The number of carbonyl (C=O) groups is 1. The SMILES string of the molecule is CCC(=O)C[C@@H]1CCc2cc(-c3noc(CC)n3)ccc21. The van der Waals surface area contributed by atoms with Crippen molar-refractivity contribution in [2.45, 2.75) is 51.9 Å². The summed E-state index contributed by atoms with van der Waals surface area (Å²) in [6, 6.07) is 6.32. The number of hydrogen-bond donors (Lipinski definition) is 0. The van der Waals surface area contributed by atoms with Crippen LogP contribution in [-0.4, -0.2) is 15.9 Å². The van der Waals surface area contributed by atoms with Crippen molar-refractivity contribution in [2.24, 2.45) is 0 Å². The molecule has 1 aliphatic carbocycles. The van der Waals surface area contributed by atoms with Crippen molar-refractivity contribution in [2.75, 3.05) is 0 Å². The van der Waals surface area contributed by atoms with Gasteiger partial charge in [0.1, 0.15) is 5.78 Å². The Bertz CT molecular complexity index is 661. The lowest BCUT2D eigenvalue weighted by Gasteiger charge is -2.10. The standard InChI is InChI=1S/C17H20N2O2/c1-3-14(20)10-12-6-5-11-9-13(7-8-15(11)12)17-18-16(4-2)21-19-17/h7-9,12H,3-6,10H2,1-2H3/t12-/m0/s1. The summed E-state index contributed by atoms with van der Waals surface area (Å²) in [5, 5.41) is 4.02. The predicted molar refractivity (Wildman–Crippen MR) is 80.1 cm³/mol. The van der Waals surface area contributed by atoms with E-state index in [4.69, 9.17) is 4.52 Å². The van der Waals surface area contributed by atoms with E-state index in [1.165, 1.54) is 11.1 Å². The smallest absolute Gasteiger partial charge is 0.226 e. The molecular weight excluding hydrogens is 264 g/mol. The maximum absolute atomic E-state index is 11.7. The second kappa shape index (κ2) is 5.80. The molecule has 110 valence electrons. The number of rotatable bonds is 5. The van der Waals surface area contributed by atoms with Gasteiger partial charge in [0.15, 0.2) is 0 Å². The van der Waals surface area contributed by atoms with E-state index >= 15 is 0 Å². The fraction of sp³-hybridized carbons (Fsp3) is 0.471. The number of carbonyl (C=O) groups excluding carboxylic acids is 1. The summed E-state index contributed by atoms with van der Waals surface area (Å²) in [6.45, 7) is 3.93. The van der Waals surface area contributed by atoms with Crippen LogP contribution in [0.4, 0.5) is 0 Å². The number of fused-ring (bicyclic) bond motifs is 1. The van der Waals surface area contributed by atoms with Crippen LogP contribution < -0.4 is 0 Å². The number of benzene rings is 1. The van der Waals surface area contributed by atoms with Crippen molar-refractivity contribution in [3.63, 3.8) is 0 Å². The first-order valence-corrected chi connectivity index (χ1v) is 7.68. The highest BCUT2D eigenvalue weighted by atomic mass is 16.5. The average Bonchev–Trinajstić information content (AvgIpc) is 3.13. The third-order valence-electron chi connectivity index (χ3n) is 4.24. The Labute approximate surface area is 124 Å². The Morgan fingerprint density at radius 2 is 2.24 bits per heavy atom. The van der Waals surface area contributed by atoms with Crippen LogP contribution in [-0.2, 0) is 17.6 Å². The van der Waals surface area contributed by atoms with Gasteiger partial charge in [0.2, 0.25) is 11.7 Å². The lowest BCUT2D eigenvalue weighted by Crippen LogP contribution is -2.03. The highest BCUT2D eigenvalue weighted by Gasteiger charge is 2.24. The Morgan fingerprint density at radius 1 is 1.38 bits per heavy atom. The van der Waals surface area contributed by atoms with Crippen LogP contribution in [0.15, 0.2) is 22.7 Å². The monoisotopic (exact) mass is 284 g/mol. The van der Waals surface area contributed by atoms with E-state index in [9.17, 15) is 4.79 Å². The number of nitrogens with zero attached hydrogens (tertiary/aromatic N) is 2. The summed E-state index contributed by atoms with van der Waals surface area (Å²) < 4.78 is 5.17. The molecule has 1 atom stereocenters. The first-order valence-electron chi connectivity index (χ1n) is 7.68. The molecule has 0 unspecified atom stereocenters. The number of hydrogen-bond acceptors (Lipinski definition) is 4. The fourth-order valence-electron chi connectivity index (χ4n) is 2.99. The van der Waals surface area contributed by atoms with Gasteiger partial charge >= 0.3 is 0 Å². The summed E-state index contributed by atoms with van der Waals surface area (Å²) >= 11 is 0. The molecule has 1 aromatic heterocycles. The van der Waals surface area contributed by atoms with Crippen molar-refractivity contribution in [1.29, 1.82) is 0 Å². The number of ketones is 1. The van der Waals surface area contributed by atoms with E-state index < -0.39 is 0 Å². The van der Waals surface area contributed by atoms with E-state index in [0.29, 0.717) is 36.3 Å². The first kappa shape index (κ1) is 14.0. The largest absolute Gasteiger partial charge is 0.339 e. The molecule has 0 fully saturated rings. The Balaban J connectivity index is 1.84. The van der Waals surface area contributed by atoms with Gasteiger partial charge in [0.25, 0.3) is 0 Å². The molecule has 0 N–H and O–H groups in total. The van der Waals surface area contributed by atoms with Gasteiger partial charge in [-0.1, -0.05) is 31.1 Å². The zero-order valence-corrected chi connectivity index (χ0v) is 12.6. The Hall–Kier alpha value is -1.97. The van der Waals surface area contributed by atoms with Gasteiger partial charge in [-0.25, -0.2) is 0 Å². The Kier molecular flexibility index (Phi) is 3.86. The van der Waals surface area contributed by atoms with Gasteiger partial charge in [-0.05, 0) is 36.0 Å². The molecule has 0 aliphatic heterocycles. The molecule has 0 spiro atoms. The molecular formula is C17H20N2O2. The normalized spacial score (nSPS) is 17.0. The van der Waals surface area contributed by atoms with E-state index in [-0.39, 0.29) is 0 Å². The maximum atomic E-state index is 11.7. The zero-order chi connectivity index (χ0) is 14.8. The third-order valence-corrected chi connectivity index (χ3v) is 4.24. The molecule has 0 saturated heterocycles. The molecule has 0 radical (unpaired) electrons. The molecule has 0 bridgehead atoms. The first-order chi connectivity index (χ1) is 10.2. The van der Waals surface area contributed by atoms with Crippen LogP contribution in [0, 0.1) is 0 Å². The van der Waals surface area contributed by atoms with Crippen LogP contribution in [0.3, 0.4) is 0 Å². The van der Waals surface area contributed by atoms with Crippen molar-refractivity contribution >= 4 is 5.78 Å². The number of aromatic nitrogens is 2. The van der Waals surface area contributed by atoms with Crippen molar-refractivity contribution in [3.05, 3.63) is 35.2 Å². The topological polar surface area (TPSA) is 56.0 Å². The summed E-state index contributed by atoms with van der Waals surface area (Å²) in [7, 11) is 0. The van der Waals surface area contributed by atoms with Crippen LogP contribution in [0.25, 0.3) is 11.4 Å². The van der Waals surface area contributed by atoms with E-state index in [2.05, 4.69) is 22.3 Å². The summed E-state index contributed by atoms with van der Waals surface area (Å²) in [5.41, 5.74) is 3.64. The van der Waals surface area contributed by atoms with Gasteiger partial charge < -0.3 is 4.52 Å². The van der Waals surface area contributed by atoms with Gasteiger partial charge in [0, 0.05) is 24.8 Å². The second-order valence-electron chi connectivity index (χ2n) is 5.61. The fourth-order valence-corrected chi connectivity index (χ4v) is 2.99. The lowest BCUT2D eigenvalue weighted by molar-refractivity contribution is -0.119. The molecule has 21 heavy (non-hydrogen) atoms. The molecule has 1 aromatic carbocycles. The number of Topliss-reactive ketones (excluding diaryl/α,β-unsaturated/α-hetero) is 1. The lowest BCUT2D eigenvalue weighted by atomic mass is 9.94. The zero-order valence-electron chi connectivity index (χ0n) is 12.6. The average molecular weight is 284 g/mol. The second-order valence-corrected chi connectivity index (χ2v) is 5.61. The van der Waals surface area contributed by atoms with Crippen LogP contribution in [0.2, 0.25) is 0 Å². The van der Waals surface area contributed by atoms with Crippen molar-refractivity contribution in [3.8, 4) is 11.4 Å². The van der Waals surface area contributed by atoms with Crippen molar-refractivity contribution in [1.82, 2.24) is 10.1 Å². The minimum Gasteiger partial charge on any atom is -0.339 e. The maximum Gasteiger partial charge on any atom is 0.226 e. The van der Waals surface area contributed by atoms with Crippen LogP contribution in [0.5, 0.6) is 0 Å². The molecule has 0 saturated carbocycles. The summed E-state index contributed by atoms with van der Waals surface area (Å²) in [6.07, 6.45) is 4.15. The predicted octanol–water partition coefficient (Wildman–Crippen LogP) is 3.70. The molecule has 0 amide bonds. The summed E-state index contributed by atoms with van der Waals surface area (Å²) in [4.78, 5) is 16.0. The molecule has 3 rings (SSSR count). The summed E-state index contributed by atoms with van der Waals surface area (Å²) in [5.74, 6) is 2.06. The molecule has 2 aromatic rings. The molecule has 4 heteroatoms. The van der Waals surface area contributed by atoms with Gasteiger partial charge in [-0.2, -0.15) is 4.98 Å². The van der Waals surface area contributed by atoms with Gasteiger partial charge in [-0.3, -0.25) is 4.79 Å². The number of aryl methyl sites for hydroxylation is 2. The highest BCUT2D eigenvalue weighted by molar-refractivity contribution is 5.79. The van der Waals surface area contributed by atoms with Gasteiger partial charge in [-0.15, -0.1) is 0 Å². The van der Waals surface area contributed by atoms with E-state index in [1.807, 2.05) is 19.9 Å². The molecule has 4 nitrogen and oxygen atoms in total. The highest BCUT2D eigenvalue weighted by Crippen LogP contribution is 2.37. The molecule has 1 aliphatic rings. The molecule has 1 heterocycles. The minimum absolute atomic E-state index is 0.350. The quantitative estimate of drug-likeness (QED) is 0.840. The Morgan fingerprint density at radius 3 is 2.95 bits per heavy atom.